The number of hydrogen-bond donors (Lipinski definition) is 3. The number of likely N-dealkylation sites (tertiary alicyclic amines) is 1. The number of carbonyl (C=O) groups excluding carboxylic acids is 5. The van der Waals surface area contributed by atoms with E-state index in [4.69, 9.17) is 28.9 Å². The van der Waals surface area contributed by atoms with Gasteiger partial charge in [-0.15, -0.1) is 0 Å². The van der Waals surface area contributed by atoms with E-state index in [1.807, 2.05) is 13.8 Å². The Morgan fingerprint density at radius 1 is 1.02 bits per heavy atom. The standard InChI is InChI=1S/C31H36Cl2N4O6.Li/c1-30(2)19(13-14-31(30,3)29(43)37-15-5-8-23(37)25(34)38)26(39)36-22(28(41)42)16-17-9-11-18(12-10-17)35-27(40)24-20(32)6-4-7-21(24)33;/h4,6-7,9-12,19,22-23H,5,8,13-16H2,1-3H3,(H2,34,38)(H,35,40)(H,36,39)(H,41,42);/q;+1/p-1/t19-,22+,23-,31+;/m1./s1. The van der Waals surface area contributed by atoms with E-state index in [0.717, 1.165) is 0 Å². The van der Waals surface area contributed by atoms with Crippen molar-refractivity contribution in [2.45, 2.75) is 65.0 Å². The van der Waals surface area contributed by atoms with Crippen molar-refractivity contribution in [1.82, 2.24) is 10.2 Å². The van der Waals surface area contributed by atoms with Gasteiger partial charge in [0.05, 0.1) is 33.0 Å². The molecular weight excluding hydrogens is 602 g/mol. The van der Waals surface area contributed by atoms with Crippen molar-refractivity contribution in [2.75, 3.05) is 11.9 Å². The predicted molar refractivity (Wildman–Crippen MR) is 160 cm³/mol. The van der Waals surface area contributed by atoms with Crippen LogP contribution in [0.3, 0.4) is 0 Å². The van der Waals surface area contributed by atoms with Crippen LogP contribution in [0.1, 0.15) is 62.4 Å². The Bertz CT molecular complexity index is 1430. The maximum absolute atomic E-state index is 13.7. The molecule has 2 fully saturated rings. The Labute approximate surface area is 278 Å². The number of carboxylic acids is 1. The first-order valence-corrected chi connectivity index (χ1v) is 14.9. The molecule has 2 aromatic rings. The molecule has 1 aliphatic heterocycles. The zero-order valence-electron chi connectivity index (χ0n) is 25.2. The van der Waals surface area contributed by atoms with Crippen molar-refractivity contribution in [3.63, 3.8) is 0 Å². The molecule has 4 atom stereocenters. The fourth-order valence-corrected chi connectivity index (χ4v) is 6.87. The van der Waals surface area contributed by atoms with Crippen LogP contribution in [0.15, 0.2) is 42.5 Å². The molecule has 13 heteroatoms. The van der Waals surface area contributed by atoms with Crippen LogP contribution in [0.2, 0.25) is 10.0 Å². The number of nitrogens with zero attached hydrogens (tertiary/aromatic N) is 1. The maximum atomic E-state index is 13.7. The summed E-state index contributed by atoms with van der Waals surface area (Å²) in [5.41, 5.74) is 4.91. The van der Waals surface area contributed by atoms with Crippen molar-refractivity contribution in [2.24, 2.45) is 22.5 Å². The molecule has 1 saturated carbocycles. The van der Waals surface area contributed by atoms with E-state index >= 15 is 0 Å². The smallest absolute Gasteiger partial charge is 0.548 e. The molecule has 10 nitrogen and oxygen atoms in total. The van der Waals surface area contributed by atoms with Gasteiger partial charge in [-0.05, 0) is 67.3 Å². The van der Waals surface area contributed by atoms with Gasteiger partial charge in [-0.1, -0.05) is 62.2 Å². The summed E-state index contributed by atoms with van der Waals surface area (Å²) in [5.74, 6) is -3.83. The van der Waals surface area contributed by atoms with E-state index in [0.29, 0.717) is 43.5 Å². The van der Waals surface area contributed by atoms with Gasteiger partial charge in [0.25, 0.3) is 5.91 Å². The number of amides is 4. The number of primary amides is 1. The van der Waals surface area contributed by atoms with Crippen LogP contribution in [-0.4, -0.2) is 53.1 Å². The molecular formula is C31H35Cl2LiN4O6. The fourth-order valence-electron chi connectivity index (χ4n) is 6.30. The number of nitrogens with two attached hydrogens (primary N) is 1. The van der Waals surface area contributed by atoms with Crippen LogP contribution >= 0.6 is 23.2 Å². The van der Waals surface area contributed by atoms with E-state index in [1.165, 1.54) is 4.90 Å². The van der Waals surface area contributed by atoms with Crippen LogP contribution in [0, 0.1) is 16.7 Å². The maximum Gasteiger partial charge on any atom is 1.00 e. The Morgan fingerprint density at radius 3 is 2.20 bits per heavy atom. The summed E-state index contributed by atoms with van der Waals surface area (Å²) < 4.78 is 0. The molecule has 0 aromatic heterocycles. The Balaban J connectivity index is 0.00000529. The molecule has 44 heavy (non-hydrogen) atoms. The van der Waals surface area contributed by atoms with Crippen molar-refractivity contribution < 1.29 is 47.9 Å². The molecule has 4 rings (SSSR count). The number of aliphatic carboxylic acids is 1. The molecule has 230 valence electrons. The Hall–Kier alpha value is -3.03. The molecule has 0 unspecified atom stereocenters. The van der Waals surface area contributed by atoms with Crippen molar-refractivity contribution in [3.8, 4) is 0 Å². The first-order valence-electron chi connectivity index (χ1n) is 14.1. The van der Waals surface area contributed by atoms with Gasteiger partial charge in [-0.2, -0.15) is 0 Å². The minimum atomic E-state index is -1.45. The van der Waals surface area contributed by atoms with E-state index in [-0.39, 0.29) is 46.8 Å². The van der Waals surface area contributed by atoms with E-state index < -0.39 is 52.5 Å². The number of nitrogens with one attached hydrogen (secondary N) is 2. The minimum absolute atomic E-state index is 0. The number of carbonyl (C=O) groups is 5. The van der Waals surface area contributed by atoms with Crippen molar-refractivity contribution in [3.05, 3.63) is 63.6 Å². The molecule has 2 aromatic carbocycles. The monoisotopic (exact) mass is 636 g/mol. The number of halogens is 2. The molecule has 1 heterocycles. The summed E-state index contributed by atoms with van der Waals surface area (Å²) in [6, 6.07) is 9.20. The number of benzene rings is 2. The van der Waals surface area contributed by atoms with Crippen molar-refractivity contribution in [1.29, 1.82) is 0 Å². The van der Waals surface area contributed by atoms with Gasteiger partial charge in [-0.25, -0.2) is 0 Å². The normalized spacial score (nSPS) is 22.9. The van der Waals surface area contributed by atoms with Gasteiger partial charge in [0.15, 0.2) is 0 Å². The first kappa shape index (κ1) is 35.4. The molecule has 4 amide bonds. The Kier molecular flexibility index (Phi) is 11.2. The van der Waals surface area contributed by atoms with Crippen LogP contribution in [0.25, 0.3) is 0 Å². The predicted octanol–water partition coefficient (Wildman–Crippen LogP) is -0.0543. The van der Waals surface area contributed by atoms with Gasteiger partial charge >= 0.3 is 18.9 Å². The van der Waals surface area contributed by atoms with Crippen LogP contribution in [-0.2, 0) is 25.6 Å². The quantitative estimate of drug-likeness (QED) is 0.327. The largest absolute Gasteiger partial charge is 1.00 e. The zero-order valence-corrected chi connectivity index (χ0v) is 26.8. The fraction of sp³-hybridized carbons (Fsp3) is 0.452. The number of hydrogen-bond acceptors (Lipinski definition) is 6. The molecule has 1 aliphatic carbocycles. The number of carboxylic acid groups (broad SMARTS) is 1. The van der Waals surface area contributed by atoms with Crippen LogP contribution in [0.4, 0.5) is 5.69 Å². The van der Waals surface area contributed by atoms with E-state index in [2.05, 4.69) is 10.6 Å². The number of rotatable bonds is 9. The second-order valence-electron chi connectivity index (χ2n) is 12.0. The van der Waals surface area contributed by atoms with E-state index in [1.54, 1.807) is 49.4 Å². The molecule has 0 bridgehead atoms. The molecule has 4 N–H and O–H groups in total. The summed E-state index contributed by atoms with van der Waals surface area (Å²) in [5, 5.41) is 17.8. The van der Waals surface area contributed by atoms with Gasteiger partial charge in [0, 0.05) is 18.2 Å². The average molecular weight is 637 g/mol. The SMILES string of the molecule is CC1(C)[C@@H](C(=O)N[C@@H](Cc2ccc(NC(=O)c3c(Cl)cccc3Cl)cc2)C(=O)[O-])CC[C@@]1(C)C(=O)N1CCC[C@@H]1C(N)=O.[Li+]. The van der Waals surface area contributed by atoms with Gasteiger partial charge in [-0.3, -0.25) is 19.2 Å². The van der Waals surface area contributed by atoms with Crippen LogP contribution in [0.5, 0.6) is 0 Å². The summed E-state index contributed by atoms with van der Waals surface area (Å²) >= 11 is 12.2. The summed E-state index contributed by atoms with van der Waals surface area (Å²) in [6.45, 7) is 5.88. The van der Waals surface area contributed by atoms with Gasteiger partial charge < -0.3 is 31.2 Å². The van der Waals surface area contributed by atoms with Gasteiger partial charge in [0.1, 0.15) is 6.04 Å². The number of anilines is 1. The summed E-state index contributed by atoms with van der Waals surface area (Å²) in [4.78, 5) is 65.3. The third-order valence-electron chi connectivity index (χ3n) is 9.30. The minimum Gasteiger partial charge on any atom is -0.548 e. The topological polar surface area (TPSA) is 162 Å². The first-order chi connectivity index (χ1) is 20.2. The Morgan fingerprint density at radius 2 is 1.64 bits per heavy atom. The second-order valence-corrected chi connectivity index (χ2v) is 12.9. The third-order valence-corrected chi connectivity index (χ3v) is 9.93. The zero-order chi connectivity index (χ0) is 31.7. The third kappa shape index (κ3) is 6.94. The van der Waals surface area contributed by atoms with Crippen LogP contribution < -0.4 is 40.3 Å². The summed E-state index contributed by atoms with van der Waals surface area (Å²) in [6.07, 6.45) is 1.91. The molecule has 0 radical (unpaired) electrons. The second kappa shape index (κ2) is 13.9. The molecule has 0 spiro atoms. The van der Waals surface area contributed by atoms with Gasteiger partial charge in [0.2, 0.25) is 17.7 Å². The molecule has 2 aliphatic rings. The molecule has 1 saturated heterocycles. The van der Waals surface area contributed by atoms with E-state index in [9.17, 15) is 29.1 Å². The van der Waals surface area contributed by atoms with Crippen molar-refractivity contribution >= 4 is 58.5 Å². The average Bonchev–Trinajstić information content (AvgIpc) is 3.52. The summed E-state index contributed by atoms with van der Waals surface area (Å²) in [7, 11) is 0.